The molecular weight excluding hydrogens is 350 g/mol. The van der Waals surface area contributed by atoms with Gasteiger partial charge in [0, 0.05) is 22.0 Å². The third-order valence-electron chi connectivity index (χ3n) is 2.22. The van der Waals surface area contributed by atoms with Crippen LogP contribution in [0.15, 0.2) is 44.0 Å². The predicted octanol–water partition coefficient (Wildman–Crippen LogP) is 4.56. The van der Waals surface area contributed by atoms with Crippen LogP contribution in [0.5, 0.6) is 0 Å². The molecule has 1 aromatic heterocycles. The van der Waals surface area contributed by atoms with Gasteiger partial charge in [0.2, 0.25) is 0 Å². The van der Waals surface area contributed by atoms with Gasteiger partial charge in [-0.3, -0.25) is 0 Å². The second kappa shape index (κ2) is 5.96. The third kappa shape index (κ3) is 3.42. The van der Waals surface area contributed by atoms with E-state index in [1.807, 2.05) is 0 Å². The van der Waals surface area contributed by atoms with Crippen molar-refractivity contribution in [3.63, 3.8) is 0 Å². The lowest BCUT2D eigenvalue weighted by atomic mass is 10.2. The Morgan fingerprint density at radius 2 is 1.81 bits per heavy atom. The third-order valence-corrected chi connectivity index (χ3v) is 4.83. The highest BCUT2D eigenvalue weighted by atomic mass is 79.9. The van der Waals surface area contributed by atoms with Gasteiger partial charge in [-0.2, -0.15) is 11.3 Å². The van der Waals surface area contributed by atoms with Gasteiger partial charge < -0.3 is 5.32 Å². The summed E-state index contributed by atoms with van der Waals surface area (Å²) in [5.41, 5.74) is 2.63. The zero-order chi connectivity index (χ0) is 11.4. The summed E-state index contributed by atoms with van der Waals surface area (Å²) in [6, 6.07) is 8.46. The Hall–Kier alpha value is -0.160. The molecule has 0 amide bonds. The smallest absolute Gasteiger partial charge is 0.0320 e. The fourth-order valence-electron chi connectivity index (χ4n) is 1.39. The Bertz CT molecular complexity index is 454. The zero-order valence-corrected chi connectivity index (χ0v) is 12.5. The molecule has 0 aliphatic heterocycles. The summed E-state index contributed by atoms with van der Waals surface area (Å²) in [5, 5.41) is 7.70. The number of thiophene rings is 1. The van der Waals surface area contributed by atoms with Crippen molar-refractivity contribution in [3.05, 3.63) is 55.1 Å². The summed E-state index contributed by atoms with van der Waals surface area (Å²) in [5.74, 6) is 0. The number of hydrogen-bond acceptors (Lipinski definition) is 2. The van der Waals surface area contributed by atoms with Crippen LogP contribution in [-0.2, 0) is 13.1 Å². The molecule has 1 aromatic carbocycles. The van der Waals surface area contributed by atoms with Crippen molar-refractivity contribution in [2.75, 3.05) is 0 Å². The zero-order valence-electron chi connectivity index (χ0n) is 8.54. The fourth-order valence-corrected chi connectivity index (χ4v) is 2.74. The maximum atomic E-state index is 3.50. The minimum atomic E-state index is 0.891. The Morgan fingerprint density at radius 3 is 2.50 bits per heavy atom. The molecule has 1 nitrogen and oxygen atoms in total. The molecule has 0 saturated carbocycles. The van der Waals surface area contributed by atoms with E-state index >= 15 is 0 Å². The highest BCUT2D eigenvalue weighted by Gasteiger charge is 1.98. The highest BCUT2D eigenvalue weighted by molar-refractivity contribution is 9.13. The lowest BCUT2D eigenvalue weighted by molar-refractivity contribution is 0.694. The van der Waals surface area contributed by atoms with Crippen LogP contribution >= 0.6 is 43.2 Å². The minimum Gasteiger partial charge on any atom is -0.309 e. The summed E-state index contributed by atoms with van der Waals surface area (Å²) in [6.45, 7) is 1.82. The Morgan fingerprint density at radius 1 is 1.00 bits per heavy atom. The lowest BCUT2D eigenvalue weighted by Crippen LogP contribution is -2.11. The van der Waals surface area contributed by atoms with Crippen LogP contribution in [0.3, 0.4) is 0 Å². The maximum absolute atomic E-state index is 3.50. The van der Waals surface area contributed by atoms with Crippen LogP contribution < -0.4 is 5.32 Å². The van der Waals surface area contributed by atoms with Crippen LogP contribution in [0.2, 0.25) is 0 Å². The first-order valence-electron chi connectivity index (χ1n) is 4.91. The molecular formula is C12H11Br2NS. The molecule has 4 heteroatoms. The second-order valence-electron chi connectivity index (χ2n) is 3.48. The van der Waals surface area contributed by atoms with Crippen molar-refractivity contribution in [3.8, 4) is 0 Å². The summed E-state index contributed by atoms with van der Waals surface area (Å²) in [4.78, 5) is 0. The van der Waals surface area contributed by atoms with E-state index in [4.69, 9.17) is 0 Å². The molecule has 0 aliphatic carbocycles. The molecule has 16 heavy (non-hydrogen) atoms. The molecule has 0 spiro atoms. The van der Waals surface area contributed by atoms with E-state index in [-0.39, 0.29) is 0 Å². The molecule has 0 saturated heterocycles. The van der Waals surface area contributed by atoms with E-state index in [2.05, 4.69) is 72.2 Å². The first-order valence-corrected chi connectivity index (χ1v) is 7.44. The molecule has 0 unspecified atom stereocenters. The van der Waals surface area contributed by atoms with E-state index in [0.29, 0.717) is 0 Å². The van der Waals surface area contributed by atoms with Gasteiger partial charge in [-0.15, -0.1) is 0 Å². The monoisotopic (exact) mass is 359 g/mol. The first-order chi connectivity index (χ1) is 7.75. The van der Waals surface area contributed by atoms with Gasteiger partial charge in [-0.25, -0.2) is 0 Å². The molecule has 1 heterocycles. The van der Waals surface area contributed by atoms with Crippen LogP contribution in [0.4, 0.5) is 0 Å². The number of hydrogen-bond donors (Lipinski definition) is 1. The molecule has 84 valence electrons. The van der Waals surface area contributed by atoms with E-state index in [0.717, 1.165) is 22.0 Å². The maximum Gasteiger partial charge on any atom is 0.0320 e. The quantitative estimate of drug-likeness (QED) is 0.842. The van der Waals surface area contributed by atoms with Gasteiger partial charge >= 0.3 is 0 Å². The Balaban J connectivity index is 1.87. The molecule has 0 atom stereocenters. The molecule has 0 radical (unpaired) electrons. The summed E-state index contributed by atoms with van der Waals surface area (Å²) in [6.07, 6.45) is 0. The first kappa shape index (κ1) is 12.3. The minimum absolute atomic E-state index is 0.891. The van der Waals surface area contributed by atoms with Gasteiger partial charge in [0.05, 0.1) is 0 Å². The largest absolute Gasteiger partial charge is 0.309 e. The van der Waals surface area contributed by atoms with Gasteiger partial charge in [0.15, 0.2) is 0 Å². The number of benzene rings is 1. The normalized spacial score (nSPS) is 10.6. The van der Waals surface area contributed by atoms with Crippen molar-refractivity contribution in [1.29, 1.82) is 0 Å². The highest BCUT2D eigenvalue weighted by Crippen LogP contribution is 2.23. The number of nitrogens with one attached hydrogen (secondary N) is 1. The Kier molecular flexibility index (Phi) is 4.58. The SMILES string of the molecule is Brc1ccc(CNCc2ccsc2)cc1Br. The molecule has 1 N–H and O–H groups in total. The van der Waals surface area contributed by atoms with Crippen LogP contribution in [-0.4, -0.2) is 0 Å². The van der Waals surface area contributed by atoms with Gasteiger partial charge in [0.1, 0.15) is 0 Å². The molecule has 2 rings (SSSR count). The topological polar surface area (TPSA) is 12.0 Å². The van der Waals surface area contributed by atoms with Crippen molar-refractivity contribution in [2.45, 2.75) is 13.1 Å². The van der Waals surface area contributed by atoms with E-state index in [1.165, 1.54) is 11.1 Å². The standard InChI is InChI=1S/C12H11Br2NS/c13-11-2-1-9(5-12(11)14)6-15-7-10-3-4-16-8-10/h1-5,8,15H,6-7H2. The van der Waals surface area contributed by atoms with E-state index in [9.17, 15) is 0 Å². The number of halogens is 2. The van der Waals surface area contributed by atoms with E-state index in [1.54, 1.807) is 11.3 Å². The second-order valence-corrected chi connectivity index (χ2v) is 5.97. The van der Waals surface area contributed by atoms with Crippen molar-refractivity contribution in [1.82, 2.24) is 5.32 Å². The average molecular weight is 361 g/mol. The van der Waals surface area contributed by atoms with E-state index < -0.39 is 0 Å². The summed E-state index contributed by atoms with van der Waals surface area (Å²) < 4.78 is 2.19. The molecule has 0 fully saturated rings. The van der Waals surface area contributed by atoms with Crippen LogP contribution in [0.25, 0.3) is 0 Å². The predicted molar refractivity (Wildman–Crippen MR) is 76.7 cm³/mol. The van der Waals surface area contributed by atoms with Crippen molar-refractivity contribution >= 4 is 43.2 Å². The molecule has 2 aromatic rings. The average Bonchev–Trinajstić information content (AvgIpc) is 2.76. The van der Waals surface area contributed by atoms with Crippen molar-refractivity contribution in [2.24, 2.45) is 0 Å². The Labute approximate surface area is 116 Å². The van der Waals surface area contributed by atoms with Crippen LogP contribution in [0.1, 0.15) is 11.1 Å². The van der Waals surface area contributed by atoms with Gasteiger partial charge in [0.25, 0.3) is 0 Å². The van der Waals surface area contributed by atoms with Gasteiger partial charge in [-0.1, -0.05) is 6.07 Å². The lowest BCUT2D eigenvalue weighted by Gasteiger charge is -2.05. The summed E-state index contributed by atoms with van der Waals surface area (Å²) in [7, 11) is 0. The van der Waals surface area contributed by atoms with Crippen molar-refractivity contribution < 1.29 is 0 Å². The molecule has 0 bridgehead atoms. The fraction of sp³-hybridized carbons (Fsp3) is 0.167. The summed E-state index contributed by atoms with van der Waals surface area (Å²) >= 11 is 8.70. The number of rotatable bonds is 4. The molecule has 0 aliphatic rings. The van der Waals surface area contributed by atoms with Crippen LogP contribution in [0, 0.1) is 0 Å². The van der Waals surface area contributed by atoms with Gasteiger partial charge in [-0.05, 0) is 71.9 Å².